The number of nitrogens with zero attached hydrogens (tertiary/aromatic N) is 6. The van der Waals surface area contributed by atoms with Crippen LogP contribution >= 0.6 is 27.3 Å². The molecule has 0 unspecified atom stereocenters. The number of thiazole rings is 1. The highest BCUT2D eigenvalue weighted by atomic mass is 79.9. The van der Waals surface area contributed by atoms with Crippen LogP contribution in [0.25, 0.3) is 0 Å². The molecule has 0 N–H and O–H groups in total. The summed E-state index contributed by atoms with van der Waals surface area (Å²) in [6.45, 7) is 5.81. The Morgan fingerprint density at radius 3 is 2.63 bits per heavy atom. The summed E-state index contributed by atoms with van der Waals surface area (Å²) in [6.07, 6.45) is 1.64. The fraction of sp³-hybridized carbons (Fsp3) is 0.500. The molecule has 0 radical (unpaired) electrons. The van der Waals surface area contributed by atoms with E-state index in [9.17, 15) is 4.79 Å². The number of halogens is 1. The van der Waals surface area contributed by atoms with Crippen molar-refractivity contribution in [3.63, 3.8) is 0 Å². The third-order valence-electron chi connectivity index (χ3n) is 2.26. The first kappa shape index (κ1) is 14.1. The first-order valence-electron chi connectivity index (χ1n) is 5.49. The van der Waals surface area contributed by atoms with Gasteiger partial charge in [0.05, 0.1) is 15.5 Å². The molecule has 102 valence electrons. The topological polar surface area (TPSA) is 76.8 Å². The Kier molecular flexibility index (Phi) is 3.68. The first-order valence-corrected chi connectivity index (χ1v) is 7.10. The molecule has 0 aromatic carbocycles. The van der Waals surface area contributed by atoms with E-state index in [1.165, 1.54) is 21.0 Å². The fourth-order valence-electron chi connectivity index (χ4n) is 1.22. The van der Waals surface area contributed by atoms with Gasteiger partial charge in [-0.3, -0.25) is 9.69 Å². The van der Waals surface area contributed by atoms with E-state index in [1.54, 1.807) is 13.2 Å². The van der Waals surface area contributed by atoms with Gasteiger partial charge in [-0.25, -0.2) is 4.98 Å². The molecule has 0 spiro atoms. The molecular formula is C10H13BrN6OS. The Bertz CT molecular complexity index is 601. The molecule has 1 amide bonds. The summed E-state index contributed by atoms with van der Waals surface area (Å²) in [6, 6.07) is 0. The lowest BCUT2D eigenvalue weighted by molar-refractivity contribution is 0.0982. The second-order valence-electron chi connectivity index (χ2n) is 4.88. The molecule has 0 aliphatic carbocycles. The molecule has 19 heavy (non-hydrogen) atoms. The number of aromatic nitrogens is 5. The molecule has 0 aliphatic rings. The van der Waals surface area contributed by atoms with Crippen molar-refractivity contribution in [2.45, 2.75) is 26.3 Å². The van der Waals surface area contributed by atoms with E-state index in [2.05, 4.69) is 36.3 Å². The van der Waals surface area contributed by atoms with Crippen LogP contribution in [0.15, 0.2) is 9.98 Å². The molecule has 9 heteroatoms. The van der Waals surface area contributed by atoms with E-state index in [0.717, 1.165) is 3.79 Å². The van der Waals surface area contributed by atoms with E-state index >= 15 is 0 Å². The van der Waals surface area contributed by atoms with Crippen molar-refractivity contribution in [3.05, 3.63) is 15.8 Å². The van der Waals surface area contributed by atoms with Crippen molar-refractivity contribution in [1.29, 1.82) is 0 Å². The Hall–Kier alpha value is -1.35. The highest BCUT2D eigenvalue weighted by Crippen LogP contribution is 2.26. The number of hydrogen-bond acceptors (Lipinski definition) is 6. The maximum absolute atomic E-state index is 12.2. The van der Waals surface area contributed by atoms with Crippen LogP contribution in [0.2, 0.25) is 0 Å². The Morgan fingerprint density at radius 1 is 1.47 bits per heavy atom. The number of tetrazole rings is 1. The van der Waals surface area contributed by atoms with E-state index in [-0.39, 0.29) is 17.3 Å². The van der Waals surface area contributed by atoms with Gasteiger partial charge in [0.1, 0.15) is 0 Å². The van der Waals surface area contributed by atoms with Gasteiger partial charge >= 0.3 is 5.91 Å². The summed E-state index contributed by atoms with van der Waals surface area (Å²) < 4.78 is 0.855. The van der Waals surface area contributed by atoms with Crippen molar-refractivity contribution in [1.82, 2.24) is 25.2 Å². The quantitative estimate of drug-likeness (QED) is 0.831. The van der Waals surface area contributed by atoms with Crippen molar-refractivity contribution < 1.29 is 4.79 Å². The molecule has 2 aromatic heterocycles. The molecule has 0 atom stereocenters. The molecule has 0 saturated carbocycles. The first-order chi connectivity index (χ1) is 8.79. The average molecular weight is 345 g/mol. The van der Waals surface area contributed by atoms with E-state index < -0.39 is 0 Å². The van der Waals surface area contributed by atoms with Gasteiger partial charge in [-0.2, -0.15) is 4.80 Å². The van der Waals surface area contributed by atoms with Crippen LogP contribution in [-0.2, 0) is 5.54 Å². The smallest absolute Gasteiger partial charge is 0.284 e. The molecule has 2 rings (SSSR count). The van der Waals surface area contributed by atoms with Gasteiger partial charge in [0.25, 0.3) is 5.82 Å². The molecule has 0 fully saturated rings. The maximum Gasteiger partial charge on any atom is 0.301 e. The summed E-state index contributed by atoms with van der Waals surface area (Å²) >= 11 is 4.67. The zero-order chi connectivity index (χ0) is 14.2. The minimum atomic E-state index is -0.336. The lowest BCUT2D eigenvalue weighted by atomic mass is 10.1. The second kappa shape index (κ2) is 4.97. The Morgan fingerprint density at radius 2 is 2.16 bits per heavy atom. The number of hydrogen-bond donors (Lipinski definition) is 0. The van der Waals surface area contributed by atoms with Crippen LogP contribution in [0.3, 0.4) is 0 Å². The van der Waals surface area contributed by atoms with Crippen molar-refractivity contribution in [2.75, 3.05) is 11.9 Å². The van der Waals surface area contributed by atoms with Gasteiger partial charge in [-0.1, -0.05) is 11.3 Å². The van der Waals surface area contributed by atoms with Crippen LogP contribution in [-0.4, -0.2) is 38.1 Å². The lowest BCUT2D eigenvalue weighted by Gasteiger charge is -2.15. The van der Waals surface area contributed by atoms with Gasteiger partial charge in [-0.15, -0.1) is 10.2 Å². The molecule has 0 saturated heterocycles. The zero-order valence-electron chi connectivity index (χ0n) is 11.0. The van der Waals surface area contributed by atoms with Crippen molar-refractivity contribution in [2.24, 2.45) is 0 Å². The SMILES string of the molecule is CN(C(=O)c1nnn(C(C)(C)C)n1)c1ncc(Br)s1. The average Bonchev–Trinajstić information content (AvgIpc) is 2.94. The van der Waals surface area contributed by atoms with E-state index in [4.69, 9.17) is 0 Å². The number of rotatable bonds is 2. The maximum atomic E-state index is 12.2. The number of carbonyl (C=O) groups excluding carboxylic acids is 1. The predicted molar refractivity (Wildman–Crippen MR) is 75.4 cm³/mol. The van der Waals surface area contributed by atoms with Gasteiger partial charge < -0.3 is 0 Å². The van der Waals surface area contributed by atoms with Crippen molar-refractivity contribution >= 4 is 38.3 Å². The molecule has 2 heterocycles. The summed E-state index contributed by atoms with van der Waals surface area (Å²) in [4.78, 5) is 19.1. The van der Waals surface area contributed by atoms with E-state index in [0.29, 0.717) is 5.13 Å². The Labute approximate surface area is 122 Å². The third-order valence-corrected chi connectivity index (χ3v) is 3.81. The zero-order valence-corrected chi connectivity index (χ0v) is 13.4. The second-order valence-corrected chi connectivity index (χ2v) is 7.27. The normalized spacial score (nSPS) is 11.6. The monoisotopic (exact) mass is 344 g/mol. The van der Waals surface area contributed by atoms with Crippen LogP contribution in [0.4, 0.5) is 5.13 Å². The highest BCUT2D eigenvalue weighted by molar-refractivity contribution is 9.11. The Balaban J connectivity index is 2.22. The van der Waals surface area contributed by atoms with Gasteiger partial charge in [0, 0.05) is 7.05 Å². The molecule has 7 nitrogen and oxygen atoms in total. The summed E-state index contributed by atoms with van der Waals surface area (Å²) in [5.41, 5.74) is -0.311. The summed E-state index contributed by atoms with van der Waals surface area (Å²) in [5.74, 6) is -0.277. The number of amides is 1. The number of anilines is 1. The van der Waals surface area contributed by atoms with Crippen LogP contribution in [0, 0.1) is 0 Å². The standard InChI is InChI=1S/C10H13BrN6OS/c1-10(2,3)17-14-7(13-15-17)8(18)16(4)9-12-5-6(11)19-9/h5H,1-4H3. The molecule has 0 aliphatic heterocycles. The van der Waals surface area contributed by atoms with Gasteiger partial charge in [-0.05, 0) is 41.9 Å². The fourth-order valence-corrected chi connectivity index (χ4v) is 2.36. The minimum absolute atomic E-state index is 0.0590. The lowest BCUT2D eigenvalue weighted by Crippen LogP contribution is -2.28. The van der Waals surface area contributed by atoms with Gasteiger partial charge in [0.2, 0.25) is 0 Å². The van der Waals surface area contributed by atoms with Gasteiger partial charge in [0.15, 0.2) is 5.13 Å². The largest absolute Gasteiger partial charge is 0.301 e. The van der Waals surface area contributed by atoms with Crippen LogP contribution in [0.1, 0.15) is 31.4 Å². The van der Waals surface area contributed by atoms with Crippen molar-refractivity contribution in [3.8, 4) is 0 Å². The van der Waals surface area contributed by atoms with E-state index in [1.807, 2.05) is 20.8 Å². The number of carbonyl (C=O) groups is 1. The molecule has 2 aromatic rings. The van der Waals surface area contributed by atoms with Crippen LogP contribution in [0.5, 0.6) is 0 Å². The molecular weight excluding hydrogens is 332 g/mol. The minimum Gasteiger partial charge on any atom is -0.284 e. The summed E-state index contributed by atoms with van der Waals surface area (Å²) in [7, 11) is 1.63. The summed E-state index contributed by atoms with van der Waals surface area (Å²) in [5, 5.41) is 12.4. The van der Waals surface area contributed by atoms with Crippen LogP contribution < -0.4 is 4.90 Å². The molecule has 0 bridgehead atoms. The highest BCUT2D eigenvalue weighted by Gasteiger charge is 2.24. The predicted octanol–water partition coefficient (Wildman–Crippen LogP) is 1.92. The third kappa shape index (κ3) is 2.98.